The summed E-state index contributed by atoms with van der Waals surface area (Å²) < 4.78 is 0. The fourth-order valence-corrected chi connectivity index (χ4v) is 1.74. The van der Waals surface area contributed by atoms with Gasteiger partial charge in [0.05, 0.1) is 23.0 Å². The van der Waals surface area contributed by atoms with Crippen molar-refractivity contribution in [3.8, 4) is 0 Å². The van der Waals surface area contributed by atoms with Crippen LogP contribution < -0.4 is 16.6 Å². The van der Waals surface area contributed by atoms with Gasteiger partial charge in [0.25, 0.3) is 5.56 Å². The lowest BCUT2D eigenvalue weighted by molar-refractivity contribution is 0.218. The molecule has 0 radical (unpaired) electrons. The zero-order chi connectivity index (χ0) is 14.0. The van der Waals surface area contributed by atoms with E-state index in [1.54, 1.807) is 18.2 Å². The molecular formula is C13H18N4O2. The molecule has 1 unspecified atom stereocenters. The Kier molecular flexibility index (Phi) is 3.44. The van der Waals surface area contributed by atoms with E-state index in [4.69, 9.17) is 5.73 Å². The Morgan fingerprint density at radius 2 is 2.26 bits per heavy atom. The van der Waals surface area contributed by atoms with Crippen LogP contribution >= 0.6 is 0 Å². The van der Waals surface area contributed by atoms with Gasteiger partial charge in [-0.25, -0.2) is 4.98 Å². The monoisotopic (exact) mass is 262 g/mol. The van der Waals surface area contributed by atoms with Crippen molar-refractivity contribution in [2.24, 2.45) is 0 Å². The molecule has 5 N–H and O–H groups in total. The molecule has 1 heterocycles. The third-order valence-corrected chi connectivity index (χ3v) is 3.28. The first-order chi connectivity index (χ1) is 8.97. The average Bonchev–Trinajstić information content (AvgIpc) is 2.39. The number of nitrogen functional groups attached to an aromatic ring is 1. The number of aliphatic hydroxyl groups is 1. The number of H-pyrrole nitrogens is 1. The number of aromatic amines is 1. The molecule has 0 saturated carbocycles. The minimum atomic E-state index is -0.516. The first-order valence-corrected chi connectivity index (χ1v) is 6.16. The molecule has 6 nitrogen and oxygen atoms in total. The lowest BCUT2D eigenvalue weighted by atomic mass is 10.0. The molecule has 0 saturated heterocycles. The Bertz CT molecular complexity index is 647. The normalized spacial score (nSPS) is 14.3. The van der Waals surface area contributed by atoms with Crippen molar-refractivity contribution in [1.29, 1.82) is 0 Å². The Hall–Kier alpha value is -2.08. The molecule has 0 bridgehead atoms. The Balaban J connectivity index is 2.47. The number of hydrogen-bond acceptors (Lipinski definition) is 5. The van der Waals surface area contributed by atoms with Crippen molar-refractivity contribution < 1.29 is 5.11 Å². The number of benzene rings is 1. The van der Waals surface area contributed by atoms with Crippen LogP contribution in [0.1, 0.15) is 20.3 Å². The molecule has 102 valence electrons. The van der Waals surface area contributed by atoms with Crippen LogP contribution in [0, 0.1) is 0 Å². The van der Waals surface area contributed by atoms with Crippen LogP contribution in [0.5, 0.6) is 0 Å². The van der Waals surface area contributed by atoms with Crippen LogP contribution in [-0.4, -0.2) is 27.2 Å². The van der Waals surface area contributed by atoms with Crippen LogP contribution in [-0.2, 0) is 0 Å². The maximum Gasteiger partial charge on any atom is 0.260 e. The third kappa shape index (κ3) is 2.68. The van der Waals surface area contributed by atoms with Gasteiger partial charge in [-0.05, 0) is 31.5 Å². The maximum absolute atomic E-state index is 12.0. The summed E-state index contributed by atoms with van der Waals surface area (Å²) in [7, 11) is 0. The number of anilines is 2. The fraction of sp³-hybridized carbons (Fsp3) is 0.385. The number of hydrogen-bond donors (Lipinski definition) is 4. The molecule has 0 aliphatic heterocycles. The second kappa shape index (κ2) is 4.89. The lowest BCUT2D eigenvalue weighted by Crippen LogP contribution is -2.39. The standard InChI is InChI=1S/C13H18N4O2/c1-3-13(2,7-18)17-12-15-10-5-4-8(14)6-9(10)11(19)16-12/h4-6,18H,3,7,14H2,1-2H3,(H2,15,16,17,19). The van der Waals surface area contributed by atoms with Crippen LogP contribution in [0.3, 0.4) is 0 Å². The van der Waals surface area contributed by atoms with E-state index >= 15 is 0 Å². The van der Waals surface area contributed by atoms with E-state index in [1.165, 1.54) is 0 Å². The van der Waals surface area contributed by atoms with Gasteiger partial charge < -0.3 is 16.2 Å². The van der Waals surface area contributed by atoms with Gasteiger partial charge in [0.15, 0.2) is 0 Å². The molecule has 2 aromatic rings. The third-order valence-electron chi connectivity index (χ3n) is 3.28. The van der Waals surface area contributed by atoms with E-state index in [0.29, 0.717) is 29.0 Å². The number of fused-ring (bicyclic) bond motifs is 1. The molecule has 0 aliphatic rings. The first-order valence-electron chi connectivity index (χ1n) is 6.16. The number of aliphatic hydroxyl groups excluding tert-OH is 1. The van der Waals surface area contributed by atoms with Gasteiger partial charge in [0.2, 0.25) is 5.95 Å². The van der Waals surface area contributed by atoms with Gasteiger partial charge in [0, 0.05) is 5.69 Å². The number of nitrogens with zero attached hydrogens (tertiary/aromatic N) is 1. The minimum Gasteiger partial charge on any atom is -0.399 e. The summed E-state index contributed by atoms with van der Waals surface area (Å²) in [6, 6.07) is 4.99. The molecule has 1 aromatic heterocycles. The molecule has 19 heavy (non-hydrogen) atoms. The topological polar surface area (TPSA) is 104 Å². The van der Waals surface area contributed by atoms with E-state index in [-0.39, 0.29) is 12.2 Å². The smallest absolute Gasteiger partial charge is 0.260 e. The summed E-state index contributed by atoms with van der Waals surface area (Å²) >= 11 is 0. The summed E-state index contributed by atoms with van der Waals surface area (Å²) in [5.41, 5.74) is 5.97. The molecule has 0 amide bonds. The molecule has 0 fully saturated rings. The van der Waals surface area contributed by atoms with Crippen molar-refractivity contribution in [3.63, 3.8) is 0 Å². The molecule has 6 heteroatoms. The van der Waals surface area contributed by atoms with E-state index in [1.807, 2.05) is 13.8 Å². The zero-order valence-corrected chi connectivity index (χ0v) is 11.0. The predicted octanol–water partition coefficient (Wildman–Crippen LogP) is 1.08. The van der Waals surface area contributed by atoms with Gasteiger partial charge in [-0.2, -0.15) is 0 Å². The van der Waals surface area contributed by atoms with Crippen molar-refractivity contribution in [1.82, 2.24) is 9.97 Å². The van der Waals surface area contributed by atoms with E-state index in [9.17, 15) is 9.90 Å². The molecule has 1 atom stereocenters. The number of aromatic nitrogens is 2. The van der Waals surface area contributed by atoms with Crippen molar-refractivity contribution in [2.75, 3.05) is 17.7 Å². The summed E-state index contributed by atoms with van der Waals surface area (Å²) in [5, 5.41) is 12.9. The zero-order valence-electron chi connectivity index (χ0n) is 11.0. The SMILES string of the molecule is CCC(C)(CO)Nc1nc2ccc(N)cc2c(=O)[nH]1. The van der Waals surface area contributed by atoms with Gasteiger partial charge >= 0.3 is 0 Å². The summed E-state index contributed by atoms with van der Waals surface area (Å²) in [5.74, 6) is 0.348. The Morgan fingerprint density at radius 3 is 2.89 bits per heavy atom. The highest BCUT2D eigenvalue weighted by Gasteiger charge is 2.21. The van der Waals surface area contributed by atoms with Gasteiger partial charge in [-0.15, -0.1) is 0 Å². The first kappa shape index (κ1) is 13.4. The lowest BCUT2D eigenvalue weighted by Gasteiger charge is -2.27. The number of nitrogens with one attached hydrogen (secondary N) is 2. The average molecular weight is 262 g/mol. The van der Waals surface area contributed by atoms with Gasteiger partial charge in [-0.3, -0.25) is 9.78 Å². The second-order valence-electron chi connectivity index (χ2n) is 4.89. The predicted molar refractivity (Wildman–Crippen MR) is 76.2 cm³/mol. The van der Waals surface area contributed by atoms with Gasteiger partial charge in [0.1, 0.15) is 0 Å². The summed E-state index contributed by atoms with van der Waals surface area (Å²) in [6.45, 7) is 3.76. The van der Waals surface area contributed by atoms with E-state index < -0.39 is 5.54 Å². The summed E-state index contributed by atoms with van der Waals surface area (Å²) in [6.07, 6.45) is 0.701. The van der Waals surface area contributed by atoms with E-state index in [0.717, 1.165) is 0 Å². The van der Waals surface area contributed by atoms with Crippen molar-refractivity contribution in [2.45, 2.75) is 25.8 Å². The molecule has 0 spiro atoms. The Labute approximate surface area is 110 Å². The van der Waals surface area contributed by atoms with Crippen LogP contribution in [0.15, 0.2) is 23.0 Å². The number of rotatable bonds is 4. The molecule has 1 aromatic carbocycles. The highest BCUT2D eigenvalue weighted by molar-refractivity contribution is 5.81. The summed E-state index contributed by atoms with van der Waals surface area (Å²) in [4.78, 5) is 18.9. The van der Waals surface area contributed by atoms with Crippen LogP contribution in [0.2, 0.25) is 0 Å². The largest absolute Gasteiger partial charge is 0.399 e. The second-order valence-corrected chi connectivity index (χ2v) is 4.89. The van der Waals surface area contributed by atoms with Gasteiger partial charge in [-0.1, -0.05) is 6.92 Å². The highest BCUT2D eigenvalue weighted by atomic mass is 16.3. The quantitative estimate of drug-likeness (QED) is 0.617. The Morgan fingerprint density at radius 1 is 1.53 bits per heavy atom. The van der Waals surface area contributed by atoms with Crippen LogP contribution in [0.4, 0.5) is 11.6 Å². The van der Waals surface area contributed by atoms with Crippen LogP contribution in [0.25, 0.3) is 10.9 Å². The number of nitrogens with two attached hydrogens (primary N) is 1. The molecule has 2 rings (SSSR count). The minimum absolute atomic E-state index is 0.0486. The van der Waals surface area contributed by atoms with E-state index in [2.05, 4.69) is 15.3 Å². The molecule has 0 aliphatic carbocycles. The van der Waals surface area contributed by atoms with Crippen molar-refractivity contribution in [3.05, 3.63) is 28.6 Å². The highest BCUT2D eigenvalue weighted by Crippen LogP contribution is 2.17. The maximum atomic E-state index is 12.0. The van der Waals surface area contributed by atoms with Crippen molar-refractivity contribution >= 4 is 22.5 Å². The molecular weight excluding hydrogens is 244 g/mol. The fourth-order valence-electron chi connectivity index (χ4n) is 1.74.